The number of hydrogen-bond donors (Lipinski definition) is 4. The molecule has 0 bridgehead atoms. The van der Waals surface area contributed by atoms with Crippen molar-refractivity contribution in [2.45, 2.75) is 227 Å². The molecular weight excluding hydrogens is 1020 g/mol. The topological polar surface area (TPSA) is 203 Å². The fourth-order valence-corrected chi connectivity index (χ4v) is 10.2. The van der Waals surface area contributed by atoms with Crippen molar-refractivity contribution in [3.63, 3.8) is 0 Å². The summed E-state index contributed by atoms with van der Waals surface area (Å²) >= 11 is 0. The normalized spacial score (nSPS) is 18.1. The van der Waals surface area contributed by atoms with Crippen LogP contribution in [0.3, 0.4) is 0 Å². The maximum absolute atomic E-state index is 10.8. The van der Waals surface area contributed by atoms with E-state index in [2.05, 4.69) is 92.4 Å². The summed E-state index contributed by atoms with van der Waals surface area (Å²) in [5.41, 5.74) is 3.10. The summed E-state index contributed by atoms with van der Waals surface area (Å²) in [6.07, 6.45) is 46.2. The van der Waals surface area contributed by atoms with Gasteiger partial charge in [-0.25, -0.2) is 18.5 Å². The number of rotatable bonds is 48. The molecule has 1 rings (SSSR count). The average molecular weight is 1150 g/mol. The minimum atomic E-state index is -2.62. The van der Waals surface area contributed by atoms with Crippen molar-refractivity contribution in [2.24, 2.45) is 29.6 Å². The third-order valence-corrected chi connectivity index (χ3v) is 14.5. The molecule has 0 spiro atoms. The molecule has 5 N–H and O–H groups in total. The van der Waals surface area contributed by atoms with Gasteiger partial charge in [0.25, 0.3) is 0 Å². The van der Waals surface area contributed by atoms with Gasteiger partial charge in [0.2, 0.25) is 0 Å². The maximum atomic E-state index is 10.8. The van der Waals surface area contributed by atoms with Gasteiger partial charge < -0.3 is 62.1 Å². The van der Waals surface area contributed by atoms with Crippen molar-refractivity contribution in [2.75, 3.05) is 87.8 Å². The number of likely N-dealkylation sites (N-methyl/N-ethyl adjacent to an activating group) is 2. The Kier molecular flexibility index (Phi) is 69.8. The van der Waals surface area contributed by atoms with Gasteiger partial charge in [0.1, 0.15) is 25.3 Å². The Labute approximate surface area is 515 Å². The first kappa shape index (κ1) is 86.5. The fraction of sp³-hybridized carbons (Fsp3) is 0.912. The molecule has 15 nitrogen and oxygen atoms in total. The average Bonchev–Trinajstić information content (AvgIpc) is 3.35. The first-order chi connectivity index (χ1) is 35.0. The molecular formula is C57H120N4Na2O11P2. The molecule has 0 aromatic heterocycles. The Hall–Kier alpha value is 1.74. The zero-order chi connectivity index (χ0) is 54.9. The Morgan fingerprint density at radius 1 is 0.632 bits per heavy atom. The standard InChI is InChI=1S/C40H78N2O2.C10H23NO4P.C6H16NO5P.CH4.2Na/c1-4-7-10-22-28-37-32-33-38(29-23-18-15-17-21-27-36-44-42-34-9-6-3)40(39(37)30-24-11-8-5-2)31-25-19-14-12-13-16-20-26-35-43-41;1-5-6-7-11(2,3)8-10(12)9-15-16(13)14-4;1-7(2,3)4-6(8)5-11-13(10)12-9;;;/h25,31-33,37-40,42H,4-24,26-30,34-36,41H2,1-3H3;10,12H,4-9H2,1-3H3;6,8-9H,4-5H2,1-3H3;1H4;;/q;-1;;;2*+1/p-1/b31-25-;;;;;. The third-order valence-electron chi connectivity index (χ3n) is 13.4. The summed E-state index contributed by atoms with van der Waals surface area (Å²) < 4.78 is 17.8. The number of hydrogen-bond acceptors (Lipinski definition) is 13. The number of unbranched alkanes of at least 4 members (excludes halogenated alkanes) is 19. The molecule has 1 aliphatic carbocycles. The van der Waals surface area contributed by atoms with E-state index in [4.69, 9.17) is 20.1 Å². The zero-order valence-electron chi connectivity index (χ0n) is 50.4. The zero-order valence-corrected chi connectivity index (χ0v) is 56.2. The minimum Gasteiger partial charge on any atom is -0.788 e. The molecule has 19 heteroatoms. The van der Waals surface area contributed by atoms with Crippen molar-refractivity contribution in [1.82, 2.24) is 5.48 Å². The molecule has 0 aromatic rings. The molecule has 0 aliphatic heterocycles. The van der Waals surface area contributed by atoms with Crippen molar-refractivity contribution in [1.29, 1.82) is 0 Å². The molecule has 446 valence electrons. The molecule has 8 unspecified atom stereocenters. The molecule has 0 fully saturated rings. The smallest absolute Gasteiger partial charge is 0.788 e. The van der Waals surface area contributed by atoms with Crippen molar-refractivity contribution in [3.05, 3.63) is 31.4 Å². The van der Waals surface area contributed by atoms with Gasteiger partial charge in [0.15, 0.2) is 0 Å². The van der Waals surface area contributed by atoms with Crippen molar-refractivity contribution in [3.8, 4) is 0 Å². The van der Waals surface area contributed by atoms with Crippen LogP contribution in [-0.4, -0.2) is 119 Å². The Morgan fingerprint density at radius 3 is 1.64 bits per heavy atom. The van der Waals surface area contributed by atoms with Gasteiger partial charge in [-0.2, -0.15) is 0 Å². The molecule has 0 saturated heterocycles. The first-order valence-corrected chi connectivity index (χ1v) is 31.2. The number of aliphatic hydroxyl groups excluding tert-OH is 2. The van der Waals surface area contributed by atoms with Crippen LogP contribution >= 0.6 is 17.2 Å². The first-order valence-electron chi connectivity index (χ1n) is 29.0. The van der Waals surface area contributed by atoms with Crippen LogP contribution in [0.1, 0.15) is 215 Å². The number of quaternary nitrogens is 2. The predicted molar refractivity (Wildman–Crippen MR) is 305 cm³/mol. The summed E-state index contributed by atoms with van der Waals surface area (Å²) in [5.74, 6) is 8.26. The van der Waals surface area contributed by atoms with Crippen LogP contribution in [0.15, 0.2) is 24.3 Å². The molecule has 0 heterocycles. The number of nitrogens with zero attached hydrogens (tertiary/aromatic N) is 2. The Balaban J connectivity index is -0.000000430. The van der Waals surface area contributed by atoms with Gasteiger partial charge in [0, 0.05) is 15.1 Å². The van der Waals surface area contributed by atoms with Crippen LogP contribution in [0, 0.1) is 30.8 Å². The van der Waals surface area contributed by atoms with E-state index in [0.717, 1.165) is 67.1 Å². The van der Waals surface area contributed by atoms with Gasteiger partial charge in [-0.15, -0.1) is 0 Å². The van der Waals surface area contributed by atoms with E-state index >= 15 is 0 Å². The second-order valence-corrected chi connectivity index (χ2v) is 23.9. The predicted octanol–water partition coefficient (Wildman–Crippen LogP) is 5.42. The summed E-state index contributed by atoms with van der Waals surface area (Å²) in [6, 6.07) is 0. The summed E-state index contributed by atoms with van der Waals surface area (Å²) in [7, 11) is 7.96. The molecule has 1 aliphatic rings. The monoisotopic (exact) mass is 1140 g/mol. The van der Waals surface area contributed by atoms with Crippen molar-refractivity contribution < 1.29 is 121 Å². The van der Waals surface area contributed by atoms with Crippen LogP contribution in [0.5, 0.6) is 0 Å². The van der Waals surface area contributed by atoms with E-state index < -0.39 is 29.4 Å². The van der Waals surface area contributed by atoms with Crippen LogP contribution < -0.4 is 85.5 Å². The quantitative estimate of drug-likeness (QED) is 0.00881. The largest absolute Gasteiger partial charge is 1.00 e. The molecule has 0 radical (unpaired) electrons. The second kappa shape index (κ2) is 61.3. The summed E-state index contributed by atoms with van der Waals surface area (Å²) in [6.45, 7) is 13.4. The van der Waals surface area contributed by atoms with Gasteiger partial charge in [0.05, 0.1) is 76.8 Å². The van der Waals surface area contributed by atoms with Crippen LogP contribution in [0.25, 0.3) is 0 Å². The van der Waals surface area contributed by atoms with Crippen LogP contribution in [0.2, 0.25) is 0 Å². The number of nitrogens with one attached hydrogen (secondary N) is 1. The third kappa shape index (κ3) is 57.6. The van der Waals surface area contributed by atoms with E-state index in [0.29, 0.717) is 24.2 Å². The van der Waals surface area contributed by atoms with Crippen LogP contribution in [-0.2, 0) is 27.9 Å². The van der Waals surface area contributed by atoms with E-state index in [1.165, 1.54) is 161 Å². The number of allylic oxidation sites excluding steroid dienone is 4. The number of nitrogens with two attached hydrogens (primary N) is 1. The van der Waals surface area contributed by atoms with Crippen molar-refractivity contribution >= 4 is 17.2 Å². The molecule has 76 heavy (non-hydrogen) atoms. The molecule has 0 amide bonds. The van der Waals surface area contributed by atoms with Gasteiger partial charge in [-0.1, -0.05) is 181 Å². The number of hydroxylamine groups is 1. The SMILES string of the molecule is C.CCCCCCC1C=CC(CCCCCCCCONCCCC)C(/C=C\CCCCCCCCON)C1CCCCCC.C[N+](C)(C)CC(O)COP([O-])O[O-].[CH2-]OP([O-])OCC(O)C[N+](C)(C)CCCC.[Na+].[Na+]. The molecule has 0 aromatic carbocycles. The van der Waals surface area contributed by atoms with E-state index in [9.17, 15) is 25.3 Å². The van der Waals surface area contributed by atoms with E-state index in [1.807, 2.05) is 21.1 Å². The van der Waals surface area contributed by atoms with Gasteiger partial charge in [-0.3, -0.25) is 0 Å². The fourth-order valence-electron chi connectivity index (χ4n) is 9.46. The Morgan fingerprint density at radius 2 is 1.11 bits per heavy atom. The molecule has 8 atom stereocenters. The van der Waals surface area contributed by atoms with E-state index in [-0.39, 0.29) is 79.8 Å². The maximum Gasteiger partial charge on any atom is 1.00 e. The van der Waals surface area contributed by atoms with Gasteiger partial charge >= 0.3 is 59.1 Å². The number of aliphatic hydroxyl groups is 2. The van der Waals surface area contributed by atoms with Gasteiger partial charge in [-0.05, 0) is 81.5 Å². The van der Waals surface area contributed by atoms with E-state index in [1.54, 1.807) is 0 Å². The summed E-state index contributed by atoms with van der Waals surface area (Å²) in [4.78, 5) is 31.4. The summed E-state index contributed by atoms with van der Waals surface area (Å²) in [5, 5.41) is 28.5. The van der Waals surface area contributed by atoms with Crippen LogP contribution in [0.4, 0.5) is 0 Å². The Bertz CT molecular complexity index is 1220. The molecule has 0 saturated carbocycles. The second-order valence-electron chi connectivity index (χ2n) is 22.1. The minimum absolute atomic E-state index is 0.